The van der Waals surface area contributed by atoms with Gasteiger partial charge in [0.25, 0.3) is 0 Å². The molecule has 0 unspecified atom stereocenters. The van der Waals surface area contributed by atoms with E-state index in [2.05, 4.69) is 29.2 Å². The third kappa shape index (κ3) is 4.45. The van der Waals surface area contributed by atoms with E-state index >= 15 is 0 Å². The Morgan fingerprint density at radius 1 is 1.17 bits per heavy atom. The van der Waals surface area contributed by atoms with Crippen LogP contribution in [0.3, 0.4) is 0 Å². The smallest absolute Gasteiger partial charge is 0.163 e. The number of carbonyl (C=O) groups is 1. The minimum absolute atomic E-state index is 0.00484. The molecule has 0 saturated carbocycles. The lowest BCUT2D eigenvalue weighted by Gasteiger charge is -2.29. The van der Waals surface area contributed by atoms with Crippen molar-refractivity contribution in [1.82, 2.24) is 14.5 Å². The number of hydrogen-bond donors (Lipinski definition) is 0. The van der Waals surface area contributed by atoms with Gasteiger partial charge in [-0.3, -0.25) is 4.79 Å². The summed E-state index contributed by atoms with van der Waals surface area (Å²) >= 11 is 1.82. The number of aromatic nitrogens is 3. The van der Waals surface area contributed by atoms with Crippen molar-refractivity contribution in [3.8, 4) is 22.5 Å². The highest BCUT2D eigenvalue weighted by molar-refractivity contribution is 7.19. The molecule has 3 aromatic heterocycles. The van der Waals surface area contributed by atoms with E-state index in [1.165, 1.54) is 28.7 Å². The summed E-state index contributed by atoms with van der Waals surface area (Å²) in [5.74, 6) is 0.909. The predicted molar refractivity (Wildman–Crippen MR) is 143 cm³/mol. The zero-order chi connectivity index (χ0) is 24.9. The van der Waals surface area contributed by atoms with Gasteiger partial charge in [0.1, 0.15) is 16.8 Å². The van der Waals surface area contributed by atoms with Gasteiger partial charge in [0.15, 0.2) is 5.78 Å². The van der Waals surface area contributed by atoms with E-state index in [1.54, 1.807) is 6.92 Å². The van der Waals surface area contributed by atoms with Crippen LogP contribution in [0.15, 0.2) is 36.7 Å². The van der Waals surface area contributed by atoms with Gasteiger partial charge in [-0.15, -0.1) is 11.3 Å². The van der Waals surface area contributed by atoms with Crippen molar-refractivity contribution < 1.29 is 9.53 Å². The number of pyridine rings is 1. The highest BCUT2D eigenvalue weighted by Crippen LogP contribution is 2.46. The summed E-state index contributed by atoms with van der Waals surface area (Å²) in [6.45, 7) is 9.63. The molecule has 6 heteroatoms. The summed E-state index contributed by atoms with van der Waals surface area (Å²) in [7, 11) is 2.01. The molecule has 0 saturated heterocycles. The summed E-state index contributed by atoms with van der Waals surface area (Å²) < 4.78 is 8.45. The largest absolute Gasteiger partial charge is 0.360 e. The third-order valence-corrected chi connectivity index (χ3v) is 7.85. The first kappa shape index (κ1) is 23.9. The number of nitrogens with zero attached hydrogens (tertiary/aromatic N) is 3. The first-order chi connectivity index (χ1) is 16.6. The van der Waals surface area contributed by atoms with Crippen molar-refractivity contribution in [3.63, 3.8) is 0 Å². The second-order valence-electron chi connectivity index (χ2n) is 10.5. The number of ether oxygens (including phenoxy) is 1. The van der Waals surface area contributed by atoms with Crippen molar-refractivity contribution in [3.05, 3.63) is 58.4 Å². The predicted octanol–water partition coefficient (Wildman–Crippen LogP) is 7.00. The van der Waals surface area contributed by atoms with Gasteiger partial charge in [0.2, 0.25) is 0 Å². The summed E-state index contributed by atoms with van der Waals surface area (Å²) in [5, 5.41) is 1.20. The molecule has 0 spiro atoms. The third-order valence-electron chi connectivity index (χ3n) is 6.66. The number of carbonyl (C=O) groups excluding carboxylic acids is 1. The molecule has 0 aliphatic heterocycles. The Morgan fingerprint density at radius 3 is 2.60 bits per heavy atom. The van der Waals surface area contributed by atoms with E-state index in [0.717, 1.165) is 51.4 Å². The number of imidazole rings is 1. The monoisotopic (exact) mass is 487 g/mol. The van der Waals surface area contributed by atoms with Crippen LogP contribution in [0.5, 0.6) is 0 Å². The molecular weight excluding hydrogens is 454 g/mol. The van der Waals surface area contributed by atoms with Crippen LogP contribution in [0.2, 0.25) is 0 Å². The van der Waals surface area contributed by atoms with Gasteiger partial charge in [-0.05, 0) is 77.5 Å². The number of benzene rings is 1. The standard InChI is InChI=1S/C29H33N3O2S/c1-17-23(26(18(2)33)34-29(3,4)5)24(25-21-12-7-8-13-22(21)35-28(25)31-17)19-10-9-11-20(16-19)27-30-14-15-32(27)6/h9-11,14-16,26H,7-8,12-13H2,1-6H3/t26-/m1/s1. The second kappa shape index (κ2) is 8.99. The Bertz CT molecular complexity index is 1420. The highest BCUT2D eigenvalue weighted by atomic mass is 32.1. The van der Waals surface area contributed by atoms with Gasteiger partial charge in [-0.1, -0.05) is 18.2 Å². The molecule has 5 rings (SSSR count). The first-order valence-electron chi connectivity index (χ1n) is 12.3. The Balaban J connectivity index is 1.84. The number of ketones is 1. The zero-order valence-corrected chi connectivity index (χ0v) is 22.3. The molecule has 4 aromatic rings. The van der Waals surface area contributed by atoms with Gasteiger partial charge >= 0.3 is 0 Å². The minimum atomic E-state index is -0.683. The molecule has 0 fully saturated rings. The molecule has 0 N–H and O–H groups in total. The van der Waals surface area contributed by atoms with Crippen molar-refractivity contribution in [2.45, 2.75) is 72.0 Å². The van der Waals surface area contributed by atoms with Gasteiger partial charge in [-0.2, -0.15) is 0 Å². The Hall–Kier alpha value is -2.83. The van der Waals surface area contributed by atoms with Gasteiger partial charge in [0.05, 0.1) is 5.60 Å². The summed E-state index contributed by atoms with van der Waals surface area (Å²) in [6.07, 6.45) is 7.66. The number of rotatable bonds is 5. The van der Waals surface area contributed by atoms with Crippen LogP contribution in [0.1, 0.15) is 68.3 Å². The number of hydrogen-bond acceptors (Lipinski definition) is 5. The molecule has 0 bridgehead atoms. The lowest BCUT2D eigenvalue weighted by Crippen LogP contribution is -2.27. The fourth-order valence-electron chi connectivity index (χ4n) is 5.19. The van der Waals surface area contributed by atoms with Crippen molar-refractivity contribution in [2.24, 2.45) is 7.05 Å². The van der Waals surface area contributed by atoms with Crippen LogP contribution in [0.25, 0.3) is 32.7 Å². The fraction of sp³-hybridized carbons (Fsp3) is 0.414. The zero-order valence-electron chi connectivity index (χ0n) is 21.4. The van der Waals surface area contributed by atoms with Crippen LogP contribution in [0.4, 0.5) is 0 Å². The second-order valence-corrected chi connectivity index (χ2v) is 11.6. The summed E-state index contributed by atoms with van der Waals surface area (Å²) in [6, 6.07) is 8.51. The maximum absolute atomic E-state index is 13.1. The van der Waals surface area contributed by atoms with Crippen molar-refractivity contribution in [2.75, 3.05) is 0 Å². The first-order valence-corrected chi connectivity index (χ1v) is 13.2. The molecule has 0 radical (unpaired) electrons. The molecule has 3 heterocycles. The number of aryl methyl sites for hydroxylation is 4. The van der Waals surface area contributed by atoms with Gasteiger partial charge < -0.3 is 9.30 Å². The maximum Gasteiger partial charge on any atom is 0.163 e. The number of Topliss-reactive ketones (excluding diaryl/α,β-unsaturated/α-hetero) is 1. The average molecular weight is 488 g/mol. The topological polar surface area (TPSA) is 57.0 Å². The summed E-state index contributed by atoms with van der Waals surface area (Å²) in [4.78, 5) is 25.2. The lowest BCUT2D eigenvalue weighted by molar-refractivity contribution is -0.138. The molecule has 1 aliphatic carbocycles. The highest BCUT2D eigenvalue weighted by Gasteiger charge is 2.32. The maximum atomic E-state index is 13.1. The van der Waals surface area contributed by atoms with Crippen molar-refractivity contribution >= 4 is 27.3 Å². The number of fused-ring (bicyclic) bond motifs is 3. The lowest BCUT2D eigenvalue weighted by atomic mass is 9.87. The Morgan fingerprint density at radius 2 is 1.91 bits per heavy atom. The van der Waals surface area contributed by atoms with Crippen LogP contribution in [-0.2, 0) is 29.4 Å². The van der Waals surface area contributed by atoms with Gasteiger partial charge in [0, 0.05) is 52.1 Å². The van der Waals surface area contributed by atoms with E-state index in [4.69, 9.17) is 9.72 Å². The van der Waals surface area contributed by atoms with E-state index < -0.39 is 11.7 Å². The SMILES string of the molecule is CC(=O)[C@@H](OC(C)(C)C)c1c(C)nc2sc3c(c2c1-c1cccc(-c2nccn2C)c1)CCCC3. The molecule has 1 aliphatic rings. The van der Waals surface area contributed by atoms with Crippen LogP contribution in [0, 0.1) is 6.92 Å². The Kier molecular flexibility index (Phi) is 6.14. The van der Waals surface area contributed by atoms with Crippen LogP contribution >= 0.6 is 11.3 Å². The van der Waals surface area contributed by atoms with E-state index in [-0.39, 0.29) is 5.78 Å². The summed E-state index contributed by atoms with van der Waals surface area (Å²) in [5.41, 5.74) is 5.89. The van der Waals surface area contributed by atoms with Gasteiger partial charge in [-0.25, -0.2) is 9.97 Å². The average Bonchev–Trinajstić information content (AvgIpc) is 3.39. The van der Waals surface area contributed by atoms with Crippen molar-refractivity contribution in [1.29, 1.82) is 0 Å². The molecule has 1 atom stereocenters. The molecule has 0 amide bonds. The fourth-order valence-corrected chi connectivity index (χ4v) is 6.51. The molecule has 182 valence electrons. The van der Waals surface area contributed by atoms with E-state index in [0.29, 0.717) is 0 Å². The molecule has 35 heavy (non-hydrogen) atoms. The normalized spacial score (nSPS) is 14.8. The molecular formula is C29H33N3O2S. The Labute approximate surface area is 211 Å². The van der Waals surface area contributed by atoms with E-state index in [1.807, 2.05) is 63.0 Å². The van der Waals surface area contributed by atoms with Crippen LogP contribution in [-0.4, -0.2) is 25.9 Å². The minimum Gasteiger partial charge on any atom is -0.360 e. The van der Waals surface area contributed by atoms with E-state index in [9.17, 15) is 4.79 Å². The van der Waals surface area contributed by atoms with Crippen LogP contribution < -0.4 is 0 Å². The molecule has 1 aromatic carbocycles. The quantitative estimate of drug-likeness (QED) is 0.304. The number of thiophene rings is 1. The molecule has 5 nitrogen and oxygen atoms in total.